The Balaban J connectivity index is 3.51. The van der Waals surface area contributed by atoms with Crippen LogP contribution in [-0.4, -0.2) is 23.8 Å². The van der Waals surface area contributed by atoms with Crippen LogP contribution in [0.25, 0.3) is 0 Å². The Hall–Kier alpha value is -0.520. The van der Waals surface area contributed by atoms with Gasteiger partial charge in [-0.2, -0.15) is 0 Å². The van der Waals surface area contributed by atoms with E-state index in [-0.39, 0.29) is 0 Å². The first-order valence-corrected chi connectivity index (χ1v) is 5.34. The zero-order chi connectivity index (χ0) is 11.0. The molecule has 0 amide bonds. The number of hydrogen-bond donors (Lipinski definition) is 2. The molecule has 0 bridgehead atoms. The highest BCUT2D eigenvalue weighted by Gasteiger charge is 2.20. The van der Waals surface area contributed by atoms with E-state index in [1.54, 1.807) is 0 Å². The van der Waals surface area contributed by atoms with Crippen LogP contribution in [0.15, 0.2) is 0 Å². The highest BCUT2D eigenvalue weighted by Crippen LogP contribution is 2.14. The van der Waals surface area contributed by atoms with Crippen LogP contribution in [0.2, 0.25) is 0 Å². The maximum Gasteiger partial charge on any atom is 0.0746 e. The maximum atomic E-state index is 9.94. The number of aliphatic hydroxyl groups is 1. The zero-order valence-electron chi connectivity index (χ0n) is 9.64. The lowest BCUT2D eigenvalue weighted by atomic mass is 9.94. The molecule has 0 rings (SSSR count). The lowest BCUT2D eigenvalue weighted by Gasteiger charge is -2.25. The number of rotatable bonds is 7. The molecule has 0 aromatic heterocycles. The Kier molecular flexibility index (Phi) is 6.61. The van der Waals surface area contributed by atoms with Crippen molar-refractivity contribution in [2.24, 2.45) is 5.92 Å². The number of terminal acetylenes is 1. The molecule has 0 saturated carbocycles. The molecule has 14 heavy (non-hydrogen) atoms. The van der Waals surface area contributed by atoms with Gasteiger partial charge in [0.1, 0.15) is 0 Å². The molecule has 0 saturated heterocycles. The minimum absolute atomic E-state index is 0.525. The molecule has 82 valence electrons. The van der Waals surface area contributed by atoms with E-state index in [2.05, 4.69) is 25.1 Å². The van der Waals surface area contributed by atoms with Crippen molar-refractivity contribution in [2.45, 2.75) is 45.6 Å². The molecule has 0 fully saturated rings. The van der Waals surface area contributed by atoms with Crippen LogP contribution in [0, 0.1) is 18.3 Å². The van der Waals surface area contributed by atoms with E-state index >= 15 is 0 Å². The SMILES string of the molecule is C#CCCCNCC(C)(O)CC(C)C. The molecule has 1 atom stereocenters. The molecule has 0 heterocycles. The van der Waals surface area contributed by atoms with Crippen LogP contribution in [0.1, 0.15) is 40.0 Å². The van der Waals surface area contributed by atoms with Gasteiger partial charge in [-0.25, -0.2) is 0 Å². The highest BCUT2D eigenvalue weighted by atomic mass is 16.3. The number of unbranched alkanes of at least 4 members (excludes halogenated alkanes) is 1. The summed E-state index contributed by atoms with van der Waals surface area (Å²) in [5, 5.41) is 13.2. The van der Waals surface area contributed by atoms with Crippen molar-refractivity contribution in [3.05, 3.63) is 0 Å². The van der Waals surface area contributed by atoms with Crippen molar-refractivity contribution in [1.82, 2.24) is 5.32 Å². The van der Waals surface area contributed by atoms with Gasteiger partial charge in [-0.1, -0.05) is 13.8 Å². The van der Waals surface area contributed by atoms with Gasteiger partial charge in [0.05, 0.1) is 5.60 Å². The Labute approximate surface area is 88.1 Å². The van der Waals surface area contributed by atoms with E-state index in [0.717, 1.165) is 25.8 Å². The Morgan fingerprint density at radius 2 is 2.14 bits per heavy atom. The molecular formula is C12H23NO. The zero-order valence-corrected chi connectivity index (χ0v) is 9.64. The second-order valence-corrected chi connectivity index (χ2v) is 4.58. The van der Waals surface area contributed by atoms with Crippen molar-refractivity contribution in [1.29, 1.82) is 0 Å². The van der Waals surface area contributed by atoms with Crippen molar-refractivity contribution in [3.8, 4) is 12.3 Å². The summed E-state index contributed by atoms with van der Waals surface area (Å²) >= 11 is 0. The first-order valence-electron chi connectivity index (χ1n) is 5.34. The van der Waals surface area contributed by atoms with Crippen molar-refractivity contribution >= 4 is 0 Å². The van der Waals surface area contributed by atoms with E-state index in [1.807, 2.05) is 6.92 Å². The normalized spacial score (nSPS) is 15.1. The summed E-state index contributed by atoms with van der Waals surface area (Å²) in [4.78, 5) is 0. The van der Waals surface area contributed by atoms with Gasteiger partial charge in [-0.3, -0.25) is 0 Å². The summed E-state index contributed by atoms with van der Waals surface area (Å²) in [5.41, 5.74) is -0.593. The van der Waals surface area contributed by atoms with E-state index in [4.69, 9.17) is 6.42 Å². The molecular weight excluding hydrogens is 174 g/mol. The summed E-state index contributed by atoms with van der Waals surface area (Å²) in [6.07, 6.45) is 7.75. The molecule has 2 N–H and O–H groups in total. The third kappa shape index (κ3) is 8.10. The molecule has 0 aliphatic heterocycles. The molecule has 0 aromatic carbocycles. The topological polar surface area (TPSA) is 32.3 Å². The molecule has 0 spiro atoms. The van der Waals surface area contributed by atoms with E-state index in [1.165, 1.54) is 0 Å². The average Bonchev–Trinajstić information content (AvgIpc) is 2.01. The summed E-state index contributed by atoms with van der Waals surface area (Å²) in [6.45, 7) is 7.65. The minimum atomic E-state index is -0.593. The van der Waals surface area contributed by atoms with Gasteiger partial charge < -0.3 is 10.4 Å². The van der Waals surface area contributed by atoms with Gasteiger partial charge in [0.25, 0.3) is 0 Å². The van der Waals surface area contributed by atoms with E-state index in [0.29, 0.717) is 12.5 Å². The summed E-state index contributed by atoms with van der Waals surface area (Å²) < 4.78 is 0. The van der Waals surface area contributed by atoms with Gasteiger partial charge >= 0.3 is 0 Å². The van der Waals surface area contributed by atoms with Crippen molar-refractivity contribution in [2.75, 3.05) is 13.1 Å². The fraction of sp³-hybridized carbons (Fsp3) is 0.833. The van der Waals surface area contributed by atoms with Crippen LogP contribution in [-0.2, 0) is 0 Å². The monoisotopic (exact) mass is 197 g/mol. The lowest BCUT2D eigenvalue weighted by molar-refractivity contribution is 0.0388. The highest BCUT2D eigenvalue weighted by molar-refractivity contribution is 4.83. The molecule has 0 radical (unpaired) electrons. The predicted molar refractivity (Wildman–Crippen MR) is 61.0 cm³/mol. The van der Waals surface area contributed by atoms with Crippen LogP contribution < -0.4 is 5.32 Å². The first kappa shape index (κ1) is 13.5. The number of nitrogens with one attached hydrogen (secondary N) is 1. The average molecular weight is 197 g/mol. The molecule has 2 heteroatoms. The van der Waals surface area contributed by atoms with Gasteiger partial charge in [-0.15, -0.1) is 12.3 Å². The van der Waals surface area contributed by atoms with Gasteiger partial charge in [-0.05, 0) is 32.2 Å². The summed E-state index contributed by atoms with van der Waals surface area (Å²) in [7, 11) is 0. The van der Waals surface area contributed by atoms with Crippen LogP contribution in [0.3, 0.4) is 0 Å². The quantitative estimate of drug-likeness (QED) is 0.482. The second-order valence-electron chi connectivity index (χ2n) is 4.58. The molecule has 0 aromatic rings. The van der Waals surface area contributed by atoms with E-state index in [9.17, 15) is 5.11 Å². The van der Waals surface area contributed by atoms with Gasteiger partial charge in [0.2, 0.25) is 0 Å². The van der Waals surface area contributed by atoms with Gasteiger partial charge in [0, 0.05) is 13.0 Å². The summed E-state index contributed by atoms with van der Waals surface area (Å²) in [5.74, 6) is 3.12. The first-order chi connectivity index (χ1) is 6.48. The standard InChI is InChI=1S/C12H23NO/c1-5-6-7-8-13-10-12(4,14)9-11(2)3/h1,11,13-14H,6-10H2,2-4H3. The van der Waals surface area contributed by atoms with Crippen molar-refractivity contribution in [3.63, 3.8) is 0 Å². The maximum absolute atomic E-state index is 9.94. The Morgan fingerprint density at radius 1 is 1.50 bits per heavy atom. The van der Waals surface area contributed by atoms with E-state index < -0.39 is 5.60 Å². The fourth-order valence-electron chi connectivity index (χ4n) is 1.62. The molecule has 2 nitrogen and oxygen atoms in total. The van der Waals surface area contributed by atoms with Gasteiger partial charge in [0.15, 0.2) is 0 Å². The third-order valence-electron chi connectivity index (χ3n) is 2.03. The summed E-state index contributed by atoms with van der Waals surface area (Å²) in [6, 6.07) is 0. The number of hydrogen-bond acceptors (Lipinski definition) is 2. The van der Waals surface area contributed by atoms with Crippen molar-refractivity contribution < 1.29 is 5.11 Å². The second kappa shape index (κ2) is 6.86. The van der Waals surface area contributed by atoms with Crippen LogP contribution in [0.4, 0.5) is 0 Å². The smallest absolute Gasteiger partial charge is 0.0746 e. The fourth-order valence-corrected chi connectivity index (χ4v) is 1.62. The Bertz CT molecular complexity index is 179. The largest absolute Gasteiger partial charge is 0.389 e. The van der Waals surface area contributed by atoms with Crippen LogP contribution >= 0.6 is 0 Å². The minimum Gasteiger partial charge on any atom is -0.389 e. The Morgan fingerprint density at radius 3 is 2.64 bits per heavy atom. The lowest BCUT2D eigenvalue weighted by Crippen LogP contribution is -2.39. The molecule has 0 aliphatic rings. The predicted octanol–water partition coefficient (Wildman–Crippen LogP) is 1.79. The van der Waals surface area contributed by atoms with Crippen LogP contribution in [0.5, 0.6) is 0 Å². The molecule has 0 aliphatic carbocycles. The molecule has 1 unspecified atom stereocenters. The third-order valence-corrected chi connectivity index (χ3v) is 2.03.